The van der Waals surface area contributed by atoms with Crippen LogP contribution in [0.2, 0.25) is 0 Å². The Morgan fingerprint density at radius 3 is 2.67 bits per heavy atom. The van der Waals surface area contributed by atoms with E-state index in [0.717, 1.165) is 45.4 Å². The van der Waals surface area contributed by atoms with Crippen molar-refractivity contribution in [2.45, 2.75) is 6.42 Å². The van der Waals surface area contributed by atoms with E-state index in [2.05, 4.69) is 19.8 Å². The molecule has 1 aliphatic heterocycles. The van der Waals surface area contributed by atoms with Crippen LogP contribution in [0, 0.1) is 0 Å². The Hall–Kier alpha value is -1.53. The molecule has 1 saturated heterocycles. The van der Waals surface area contributed by atoms with Crippen LogP contribution in [-0.2, 0) is 0 Å². The van der Waals surface area contributed by atoms with Gasteiger partial charge in [0.25, 0.3) is 0 Å². The lowest BCUT2D eigenvalue weighted by Crippen LogP contribution is -2.33. The first-order chi connectivity index (χ1) is 8.83. The second kappa shape index (κ2) is 6.42. The SMILES string of the molecule is O=Cc1cnc(N2CCCN(CCO)CC2)nc1. The molecule has 2 heterocycles. The Morgan fingerprint density at radius 1 is 1.22 bits per heavy atom. The number of aromatic nitrogens is 2. The first kappa shape index (κ1) is 12.9. The van der Waals surface area contributed by atoms with Gasteiger partial charge in [-0.2, -0.15) is 0 Å². The number of aliphatic hydroxyl groups excluding tert-OH is 1. The number of aliphatic hydroxyl groups is 1. The van der Waals surface area contributed by atoms with Crippen molar-refractivity contribution in [2.24, 2.45) is 0 Å². The summed E-state index contributed by atoms with van der Waals surface area (Å²) in [6, 6.07) is 0. The predicted molar refractivity (Wildman–Crippen MR) is 67.8 cm³/mol. The van der Waals surface area contributed by atoms with Crippen molar-refractivity contribution in [1.29, 1.82) is 0 Å². The molecule has 0 aromatic carbocycles. The number of nitrogens with zero attached hydrogens (tertiary/aromatic N) is 4. The minimum absolute atomic E-state index is 0.199. The van der Waals surface area contributed by atoms with Gasteiger partial charge in [0.15, 0.2) is 6.29 Å². The second-order valence-electron chi connectivity index (χ2n) is 4.34. The van der Waals surface area contributed by atoms with Crippen molar-refractivity contribution in [3.63, 3.8) is 0 Å². The zero-order chi connectivity index (χ0) is 12.8. The fraction of sp³-hybridized carbons (Fsp3) is 0.583. The molecule has 0 aliphatic carbocycles. The molecule has 1 aliphatic rings. The highest BCUT2D eigenvalue weighted by molar-refractivity contribution is 5.73. The number of rotatable bonds is 4. The highest BCUT2D eigenvalue weighted by atomic mass is 16.3. The number of aldehydes is 1. The van der Waals surface area contributed by atoms with Gasteiger partial charge in [-0.3, -0.25) is 9.69 Å². The van der Waals surface area contributed by atoms with E-state index in [1.807, 2.05) is 0 Å². The van der Waals surface area contributed by atoms with E-state index in [0.29, 0.717) is 11.5 Å². The average molecular weight is 250 g/mol. The third-order valence-electron chi connectivity index (χ3n) is 3.08. The van der Waals surface area contributed by atoms with Crippen molar-refractivity contribution in [3.8, 4) is 0 Å². The third-order valence-corrected chi connectivity index (χ3v) is 3.08. The lowest BCUT2D eigenvalue weighted by Gasteiger charge is -2.21. The highest BCUT2D eigenvalue weighted by Gasteiger charge is 2.16. The van der Waals surface area contributed by atoms with Gasteiger partial charge in [0.05, 0.1) is 12.2 Å². The Labute approximate surface area is 106 Å². The monoisotopic (exact) mass is 250 g/mol. The molecule has 0 spiro atoms. The minimum atomic E-state index is 0.199. The first-order valence-corrected chi connectivity index (χ1v) is 6.19. The van der Waals surface area contributed by atoms with Crippen LogP contribution in [0.5, 0.6) is 0 Å². The zero-order valence-electron chi connectivity index (χ0n) is 10.3. The van der Waals surface area contributed by atoms with Gasteiger partial charge in [0, 0.05) is 38.6 Å². The van der Waals surface area contributed by atoms with Gasteiger partial charge >= 0.3 is 0 Å². The van der Waals surface area contributed by atoms with Gasteiger partial charge < -0.3 is 10.0 Å². The summed E-state index contributed by atoms with van der Waals surface area (Å²) in [6.07, 6.45) is 4.87. The molecule has 0 atom stereocenters. The lowest BCUT2D eigenvalue weighted by molar-refractivity contribution is 0.112. The predicted octanol–water partition coefficient (Wildman–Crippen LogP) is -0.206. The minimum Gasteiger partial charge on any atom is -0.395 e. The largest absolute Gasteiger partial charge is 0.395 e. The van der Waals surface area contributed by atoms with Crippen LogP contribution < -0.4 is 4.90 Å². The number of β-amino-alcohol motifs (C(OH)–C–C–N with tert-alkyl or cyclic N) is 1. The fourth-order valence-corrected chi connectivity index (χ4v) is 2.09. The molecule has 1 aromatic rings. The molecule has 1 N–H and O–H groups in total. The van der Waals surface area contributed by atoms with Crippen LogP contribution in [0.3, 0.4) is 0 Å². The fourth-order valence-electron chi connectivity index (χ4n) is 2.09. The van der Waals surface area contributed by atoms with Crippen LogP contribution in [-0.4, -0.2) is 65.6 Å². The molecular weight excluding hydrogens is 232 g/mol. The van der Waals surface area contributed by atoms with Gasteiger partial charge in [-0.1, -0.05) is 0 Å². The van der Waals surface area contributed by atoms with Crippen LogP contribution in [0.15, 0.2) is 12.4 Å². The van der Waals surface area contributed by atoms with Gasteiger partial charge in [0.1, 0.15) is 0 Å². The molecule has 0 radical (unpaired) electrons. The van der Waals surface area contributed by atoms with E-state index in [-0.39, 0.29) is 6.61 Å². The van der Waals surface area contributed by atoms with Crippen LogP contribution >= 0.6 is 0 Å². The van der Waals surface area contributed by atoms with Crippen LogP contribution in [0.25, 0.3) is 0 Å². The van der Waals surface area contributed by atoms with Crippen molar-refractivity contribution < 1.29 is 9.90 Å². The molecule has 98 valence electrons. The summed E-state index contributed by atoms with van der Waals surface area (Å²) in [5, 5.41) is 8.94. The molecule has 0 unspecified atom stereocenters. The number of carbonyl (C=O) groups excluding carboxylic acids is 1. The average Bonchev–Trinajstić information content (AvgIpc) is 2.65. The van der Waals surface area contributed by atoms with Gasteiger partial charge in [-0.05, 0) is 13.0 Å². The molecule has 2 rings (SSSR count). The second-order valence-corrected chi connectivity index (χ2v) is 4.34. The Balaban J connectivity index is 1.98. The summed E-state index contributed by atoms with van der Waals surface area (Å²) >= 11 is 0. The van der Waals surface area contributed by atoms with Crippen molar-refractivity contribution in [1.82, 2.24) is 14.9 Å². The number of anilines is 1. The molecule has 0 bridgehead atoms. The van der Waals surface area contributed by atoms with E-state index < -0.39 is 0 Å². The molecule has 0 amide bonds. The standard InChI is InChI=1S/C12H18N4O2/c17-7-6-15-2-1-3-16(5-4-15)12-13-8-11(10-18)9-14-12/h8-10,17H,1-7H2. The van der Waals surface area contributed by atoms with Crippen molar-refractivity contribution in [2.75, 3.05) is 44.2 Å². The summed E-state index contributed by atoms with van der Waals surface area (Å²) in [4.78, 5) is 23.3. The first-order valence-electron chi connectivity index (χ1n) is 6.19. The van der Waals surface area contributed by atoms with E-state index >= 15 is 0 Å². The van der Waals surface area contributed by atoms with Crippen molar-refractivity contribution in [3.05, 3.63) is 18.0 Å². The molecule has 1 fully saturated rings. The number of hydrogen-bond acceptors (Lipinski definition) is 6. The summed E-state index contributed by atoms with van der Waals surface area (Å²) in [5.41, 5.74) is 0.496. The topological polar surface area (TPSA) is 69.6 Å². The van der Waals surface area contributed by atoms with Crippen LogP contribution in [0.1, 0.15) is 16.8 Å². The summed E-state index contributed by atoms with van der Waals surface area (Å²) < 4.78 is 0. The summed E-state index contributed by atoms with van der Waals surface area (Å²) in [5.74, 6) is 0.673. The molecule has 18 heavy (non-hydrogen) atoms. The molecule has 1 aromatic heterocycles. The quantitative estimate of drug-likeness (QED) is 0.746. The Morgan fingerprint density at radius 2 is 2.00 bits per heavy atom. The highest BCUT2D eigenvalue weighted by Crippen LogP contribution is 2.10. The maximum absolute atomic E-state index is 10.5. The molecule has 6 heteroatoms. The van der Waals surface area contributed by atoms with Gasteiger partial charge in [-0.15, -0.1) is 0 Å². The lowest BCUT2D eigenvalue weighted by atomic mass is 10.4. The number of hydrogen-bond donors (Lipinski definition) is 1. The third kappa shape index (κ3) is 3.24. The normalized spacial score (nSPS) is 17.5. The van der Waals surface area contributed by atoms with Gasteiger partial charge in [-0.25, -0.2) is 9.97 Å². The Kier molecular flexibility index (Phi) is 4.60. The molecule has 0 saturated carbocycles. The summed E-state index contributed by atoms with van der Waals surface area (Å²) in [7, 11) is 0. The Bertz CT molecular complexity index is 382. The molecule has 6 nitrogen and oxygen atoms in total. The number of carbonyl (C=O) groups is 1. The van der Waals surface area contributed by atoms with E-state index in [1.54, 1.807) is 12.4 Å². The van der Waals surface area contributed by atoms with E-state index in [9.17, 15) is 4.79 Å². The van der Waals surface area contributed by atoms with Crippen molar-refractivity contribution >= 4 is 12.2 Å². The van der Waals surface area contributed by atoms with Gasteiger partial charge in [0.2, 0.25) is 5.95 Å². The maximum atomic E-state index is 10.5. The van der Waals surface area contributed by atoms with E-state index in [1.165, 1.54) is 0 Å². The zero-order valence-corrected chi connectivity index (χ0v) is 10.3. The smallest absolute Gasteiger partial charge is 0.225 e. The summed E-state index contributed by atoms with van der Waals surface area (Å²) in [6.45, 7) is 4.56. The molecular formula is C12H18N4O2. The van der Waals surface area contributed by atoms with Crippen LogP contribution in [0.4, 0.5) is 5.95 Å². The van der Waals surface area contributed by atoms with E-state index in [4.69, 9.17) is 5.11 Å². The maximum Gasteiger partial charge on any atom is 0.225 e.